The van der Waals surface area contributed by atoms with Gasteiger partial charge in [0, 0.05) is 26.2 Å². The van der Waals surface area contributed by atoms with Crippen LogP contribution in [0, 0.1) is 5.92 Å². The second-order valence-electron chi connectivity index (χ2n) is 5.37. The normalized spacial score (nSPS) is 22.6. The third-order valence-corrected chi connectivity index (χ3v) is 5.06. The van der Waals surface area contributed by atoms with Gasteiger partial charge in [-0.2, -0.15) is 5.10 Å². The van der Waals surface area contributed by atoms with Gasteiger partial charge in [-0.25, -0.2) is 0 Å². The van der Waals surface area contributed by atoms with Gasteiger partial charge in [0.05, 0.1) is 22.0 Å². The molecule has 1 aromatic heterocycles. The first kappa shape index (κ1) is 16.0. The van der Waals surface area contributed by atoms with E-state index in [4.69, 9.17) is 4.74 Å². The summed E-state index contributed by atoms with van der Waals surface area (Å²) in [7, 11) is 0. The van der Waals surface area contributed by atoms with Gasteiger partial charge in [0.25, 0.3) is 0 Å². The molecular formula is C15H26BrN3O. The Morgan fingerprint density at radius 2 is 2.20 bits per heavy atom. The lowest BCUT2D eigenvalue weighted by Crippen LogP contribution is -2.28. The maximum atomic E-state index is 5.74. The molecule has 1 aromatic rings. The first-order chi connectivity index (χ1) is 9.71. The predicted molar refractivity (Wildman–Crippen MR) is 84.8 cm³/mol. The van der Waals surface area contributed by atoms with Gasteiger partial charge < -0.3 is 10.1 Å². The molecule has 0 aromatic carbocycles. The molecule has 1 fully saturated rings. The van der Waals surface area contributed by atoms with Crippen LogP contribution in [0.1, 0.15) is 45.0 Å². The van der Waals surface area contributed by atoms with Crippen molar-refractivity contribution in [2.45, 2.75) is 59.2 Å². The summed E-state index contributed by atoms with van der Waals surface area (Å²) >= 11 is 3.69. The number of nitrogens with zero attached hydrogens (tertiary/aromatic N) is 2. The van der Waals surface area contributed by atoms with E-state index in [1.165, 1.54) is 16.6 Å². The van der Waals surface area contributed by atoms with Crippen LogP contribution >= 0.6 is 15.9 Å². The van der Waals surface area contributed by atoms with Crippen molar-refractivity contribution < 1.29 is 4.74 Å². The summed E-state index contributed by atoms with van der Waals surface area (Å²) in [6.45, 7) is 10.2. The van der Waals surface area contributed by atoms with E-state index in [2.05, 4.69) is 51.8 Å². The molecule has 1 saturated heterocycles. The minimum atomic E-state index is 0.438. The average molecular weight is 344 g/mol. The quantitative estimate of drug-likeness (QED) is 0.826. The zero-order chi connectivity index (χ0) is 14.5. The van der Waals surface area contributed by atoms with Crippen molar-refractivity contribution in [3.8, 4) is 0 Å². The molecule has 0 bridgehead atoms. The Labute approximate surface area is 130 Å². The molecule has 2 unspecified atom stereocenters. The van der Waals surface area contributed by atoms with E-state index in [-0.39, 0.29) is 0 Å². The van der Waals surface area contributed by atoms with Crippen molar-refractivity contribution in [3.05, 3.63) is 15.9 Å². The standard InChI is InChI=1S/C15H26BrN3O/c1-4-12-15(16)13(19(6-3)18-12)10-17-9-11-7-8-20-14(11)5-2/h11,14,17H,4-10H2,1-3H3. The average Bonchev–Trinajstić information content (AvgIpc) is 3.04. The minimum absolute atomic E-state index is 0.438. The van der Waals surface area contributed by atoms with E-state index in [1.807, 2.05) is 0 Å². The van der Waals surface area contributed by atoms with Crippen LogP contribution in [-0.2, 0) is 24.2 Å². The molecule has 0 radical (unpaired) electrons. The van der Waals surface area contributed by atoms with Crippen LogP contribution in [0.5, 0.6) is 0 Å². The van der Waals surface area contributed by atoms with E-state index in [0.29, 0.717) is 12.0 Å². The van der Waals surface area contributed by atoms with Crippen LogP contribution in [0.25, 0.3) is 0 Å². The molecule has 1 aliphatic heterocycles. The van der Waals surface area contributed by atoms with E-state index < -0.39 is 0 Å². The Hall–Kier alpha value is -0.390. The molecule has 5 heteroatoms. The van der Waals surface area contributed by atoms with Crippen LogP contribution in [0.15, 0.2) is 4.47 Å². The topological polar surface area (TPSA) is 39.1 Å². The fraction of sp³-hybridized carbons (Fsp3) is 0.800. The number of rotatable bonds is 7. The number of ether oxygens (including phenoxy) is 1. The lowest BCUT2D eigenvalue weighted by molar-refractivity contribution is 0.0872. The van der Waals surface area contributed by atoms with Crippen molar-refractivity contribution in [2.24, 2.45) is 5.92 Å². The van der Waals surface area contributed by atoms with E-state index in [0.717, 1.165) is 44.8 Å². The van der Waals surface area contributed by atoms with Crippen molar-refractivity contribution in [3.63, 3.8) is 0 Å². The molecule has 0 amide bonds. The Morgan fingerprint density at radius 1 is 1.40 bits per heavy atom. The van der Waals surface area contributed by atoms with Gasteiger partial charge in [-0.15, -0.1) is 0 Å². The minimum Gasteiger partial charge on any atom is -0.378 e. The van der Waals surface area contributed by atoms with Gasteiger partial charge in [0.1, 0.15) is 0 Å². The summed E-state index contributed by atoms with van der Waals surface area (Å²) in [5.74, 6) is 0.655. The molecule has 114 valence electrons. The van der Waals surface area contributed by atoms with E-state index in [1.54, 1.807) is 0 Å². The summed E-state index contributed by atoms with van der Waals surface area (Å²) in [6, 6.07) is 0. The van der Waals surface area contributed by atoms with Crippen LogP contribution in [0.2, 0.25) is 0 Å². The highest BCUT2D eigenvalue weighted by Gasteiger charge is 2.26. The third kappa shape index (κ3) is 3.43. The van der Waals surface area contributed by atoms with Gasteiger partial charge in [-0.05, 0) is 48.0 Å². The highest BCUT2D eigenvalue weighted by molar-refractivity contribution is 9.10. The molecule has 1 N–H and O–H groups in total. The fourth-order valence-electron chi connectivity index (χ4n) is 2.94. The third-order valence-electron chi connectivity index (χ3n) is 4.14. The molecule has 1 aliphatic rings. The number of aromatic nitrogens is 2. The molecule has 2 rings (SSSR count). The van der Waals surface area contributed by atoms with Gasteiger partial charge in [-0.1, -0.05) is 13.8 Å². The highest BCUT2D eigenvalue weighted by Crippen LogP contribution is 2.24. The van der Waals surface area contributed by atoms with Crippen LogP contribution in [-0.4, -0.2) is 29.0 Å². The lowest BCUT2D eigenvalue weighted by Gasteiger charge is -2.17. The summed E-state index contributed by atoms with van der Waals surface area (Å²) < 4.78 is 9.01. The maximum absolute atomic E-state index is 5.74. The smallest absolute Gasteiger partial charge is 0.0767 e. The Balaban J connectivity index is 1.92. The van der Waals surface area contributed by atoms with Gasteiger partial charge in [-0.3, -0.25) is 4.68 Å². The first-order valence-electron chi connectivity index (χ1n) is 7.77. The number of halogens is 1. The van der Waals surface area contributed by atoms with Crippen LogP contribution in [0.4, 0.5) is 0 Å². The summed E-state index contributed by atoms with van der Waals surface area (Å²) in [5.41, 5.74) is 2.41. The summed E-state index contributed by atoms with van der Waals surface area (Å²) in [6.07, 6.45) is 3.70. The number of nitrogens with one attached hydrogen (secondary N) is 1. The van der Waals surface area contributed by atoms with Crippen molar-refractivity contribution >= 4 is 15.9 Å². The second-order valence-corrected chi connectivity index (χ2v) is 6.17. The first-order valence-corrected chi connectivity index (χ1v) is 8.56. The maximum Gasteiger partial charge on any atom is 0.0767 e. The monoisotopic (exact) mass is 343 g/mol. The molecule has 2 atom stereocenters. The molecule has 2 heterocycles. The fourth-order valence-corrected chi connectivity index (χ4v) is 3.64. The Kier molecular flexibility index (Phi) is 6.05. The molecular weight excluding hydrogens is 318 g/mol. The molecule has 20 heavy (non-hydrogen) atoms. The van der Waals surface area contributed by atoms with Crippen LogP contribution in [0.3, 0.4) is 0 Å². The Morgan fingerprint density at radius 3 is 2.85 bits per heavy atom. The van der Waals surface area contributed by atoms with Crippen molar-refractivity contribution in [1.82, 2.24) is 15.1 Å². The van der Waals surface area contributed by atoms with Crippen LogP contribution < -0.4 is 5.32 Å². The number of hydrogen-bond donors (Lipinski definition) is 1. The van der Waals surface area contributed by atoms with E-state index >= 15 is 0 Å². The van der Waals surface area contributed by atoms with Gasteiger partial charge in [0.2, 0.25) is 0 Å². The highest BCUT2D eigenvalue weighted by atomic mass is 79.9. The molecule has 0 spiro atoms. The predicted octanol–water partition coefficient (Wildman–Crippen LogP) is 3.13. The summed E-state index contributed by atoms with van der Waals surface area (Å²) in [4.78, 5) is 0. The van der Waals surface area contributed by atoms with Crippen molar-refractivity contribution in [2.75, 3.05) is 13.2 Å². The zero-order valence-electron chi connectivity index (χ0n) is 12.8. The lowest BCUT2D eigenvalue weighted by atomic mass is 10.00. The van der Waals surface area contributed by atoms with Crippen molar-refractivity contribution in [1.29, 1.82) is 0 Å². The van der Waals surface area contributed by atoms with Gasteiger partial charge >= 0.3 is 0 Å². The zero-order valence-corrected chi connectivity index (χ0v) is 14.4. The molecule has 0 saturated carbocycles. The molecule has 0 aliphatic carbocycles. The second kappa shape index (κ2) is 7.57. The van der Waals surface area contributed by atoms with Gasteiger partial charge in [0.15, 0.2) is 0 Å². The number of aryl methyl sites for hydroxylation is 2. The SMILES string of the molecule is CCc1nn(CC)c(CNCC2CCOC2CC)c1Br. The van der Waals surface area contributed by atoms with E-state index in [9.17, 15) is 0 Å². The largest absolute Gasteiger partial charge is 0.378 e. The Bertz CT molecular complexity index is 433. The molecule has 4 nitrogen and oxygen atoms in total. The summed E-state index contributed by atoms with van der Waals surface area (Å²) in [5, 5.41) is 8.22. The number of hydrogen-bond acceptors (Lipinski definition) is 3.